The quantitative estimate of drug-likeness (QED) is 0.144. The zero-order chi connectivity index (χ0) is 26.8. The van der Waals surface area contributed by atoms with Gasteiger partial charge in [-0.05, 0) is 12.8 Å². The maximum absolute atomic E-state index is 13.1. The summed E-state index contributed by atoms with van der Waals surface area (Å²) in [5, 5.41) is 27.1. The number of rotatable bonds is 14. The third kappa shape index (κ3) is 8.16. The van der Waals surface area contributed by atoms with Crippen molar-refractivity contribution in [1.29, 1.82) is 0 Å². The number of nitrogens with zero attached hydrogens (tertiary/aromatic N) is 2. The third-order valence-electron chi connectivity index (χ3n) is 5.83. The SMILES string of the molecule is CCC(C)C(N)C(=O)NC(C(=O)NC(Cc1cnc[nH]1)C(=O)NC(Cc1cnc[nH]1)C(=O)O)C(C)O. The van der Waals surface area contributed by atoms with E-state index < -0.39 is 54.0 Å². The van der Waals surface area contributed by atoms with E-state index >= 15 is 0 Å². The molecule has 0 aliphatic carbocycles. The average Bonchev–Trinajstić information content (AvgIpc) is 3.54. The molecule has 2 rings (SSSR count). The van der Waals surface area contributed by atoms with Crippen molar-refractivity contribution >= 4 is 23.7 Å². The van der Waals surface area contributed by atoms with Crippen molar-refractivity contribution in [3.63, 3.8) is 0 Å². The molecule has 0 radical (unpaired) electrons. The van der Waals surface area contributed by atoms with Gasteiger partial charge in [0.25, 0.3) is 0 Å². The molecule has 0 aliphatic heterocycles. The molecule has 198 valence electrons. The summed E-state index contributed by atoms with van der Waals surface area (Å²) in [6, 6.07) is -4.85. The highest BCUT2D eigenvalue weighted by molar-refractivity contribution is 5.94. The number of hydrogen-bond acceptors (Lipinski definition) is 8. The molecule has 14 nitrogen and oxygen atoms in total. The van der Waals surface area contributed by atoms with E-state index in [1.807, 2.05) is 6.92 Å². The molecule has 6 atom stereocenters. The van der Waals surface area contributed by atoms with Crippen molar-refractivity contribution in [1.82, 2.24) is 35.9 Å². The molecular weight excluding hydrogens is 472 g/mol. The van der Waals surface area contributed by atoms with Crippen LogP contribution in [0.1, 0.15) is 38.6 Å². The molecule has 2 heterocycles. The highest BCUT2D eigenvalue weighted by Crippen LogP contribution is 2.08. The Hall–Kier alpha value is -3.78. The summed E-state index contributed by atoms with van der Waals surface area (Å²) in [7, 11) is 0. The van der Waals surface area contributed by atoms with Gasteiger partial charge in [-0.25, -0.2) is 14.8 Å². The molecule has 36 heavy (non-hydrogen) atoms. The zero-order valence-corrected chi connectivity index (χ0v) is 20.4. The van der Waals surface area contributed by atoms with Crippen molar-refractivity contribution in [3.8, 4) is 0 Å². The van der Waals surface area contributed by atoms with Gasteiger partial charge in [-0.2, -0.15) is 0 Å². The number of aromatic amines is 2. The average molecular weight is 507 g/mol. The Labute approximate surface area is 207 Å². The summed E-state index contributed by atoms with van der Waals surface area (Å²) in [6.07, 6.45) is 4.87. The van der Waals surface area contributed by atoms with Crippen LogP contribution >= 0.6 is 0 Å². The van der Waals surface area contributed by atoms with E-state index in [9.17, 15) is 29.4 Å². The largest absolute Gasteiger partial charge is 0.480 e. The van der Waals surface area contributed by atoms with Gasteiger partial charge in [0.1, 0.15) is 18.1 Å². The number of carboxylic acid groups (broad SMARTS) is 1. The Balaban J connectivity index is 2.18. The molecule has 0 aromatic carbocycles. The van der Waals surface area contributed by atoms with Gasteiger partial charge in [-0.1, -0.05) is 20.3 Å². The van der Waals surface area contributed by atoms with Gasteiger partial charge in [0, 0.05) is 36.6 Å². The molecule has 0 saturated heterocycles. The molecule has 0 aliphatic rings. The number of aromatic nitrogens is 4. The van der Waals surface area contributed by atoms with Crippen molar-refractivity contribution in [2.45, 2.75) is 70.3 Å². The van der Waals surface area contributed by atoms with E-state index in [1.165, 1.54) is 32.0 Å². The number of aliphatic hydroxyl groups excluding tert-OH is 1. The summed E-state index contributed by atoms with van der Waals surface area (Å²) in [5.41, 5.74) is 6.92. The minimum atomic E-state index is -1.40. The predicted octanol–water partition coefficient (Wildman–Crippen LogP) is -1.79. The second-order valence-electron chi connectivity index (χ2n) is 8.66. The molecule has 0 spiro atoms. The van der Waals surface area contributed by atoms with E-state index in [0.717, 1.165) is 0 Å². The fraction of sp³-hybridized carbons (Fsp3) is 0.545. The molecule has 2 aromatic rings. The lowest BCUT2D eigenvalue weighted by Crippen LogP contribution is -2.60. The first-order valence-electron chi connectivity index (χ1n) is 11.6. The van der Waals surface area contributed by atoms with Crippen LogP contribution in [0, 0.1) is 5.92 Å². The Morgan fingerprint density at radius 3 is 1.89 bits per heavy atom. The zero-order valence-electron chi connectivity index (χ0n) is 20.4. The fourth-order valence-corrected chi connectivity index (χ4v) is 3.34. The monoisotopic (exact) mass is 506 g/mol. The van der Waals surface area contributed by atoms with Crippen molar-refractivity contribution in [2.24, 2.45) is 11.7 Å². The Kier molecular flexibility index (Phi) is 10.5. The first-order chi connectivity index (χ1) is 17.0. The number of nitrogens with one attached hydrogen (secondary N) is 5. The maximum atomic E-state index is 13.1. The molecule has 0 saturated carbocycles. The van der Waals surface area contributed by atoms with Crippen molar-refractivity contribution < 1.29 is 29.4 Å². The number of imidazole rings is 2. The van der Waals surface area contributed by atoms with E-state index in [1.54, 1.807) is 6.92 Å². The normalized spacial score (nSPS) is 16.1. The van der Waals surface area contributed by atoms with Crippen LogP contribution in [-0.2, 0) is 32.0 Å². The van der Waals surface area contributed by atoms with Gasteiger partial charge in [-0.15, -0.1) is 0 Å². The number of aliphatic carboxylic acids is 1. The van der Waals surface area contributed by atoms with Crippen LogP contribution < -0.4 is 21.7 Å². The van der Waals surface area contributed by atoms with Crippen LogP contribution in [0.4, 0.5) is 0 Å². The number of amides is 3. The summed E-state index contributed by atoms with van der Waals surface area (Å²) < 4.78 is 0. The molecule has 3 amide bonds. The van der Waals surface area contributed by atoms with Gasteiger partial charge in [0.2, 0.25) is 17.7 Å². The van der Waals surface area contributed by atoms with Gasteiger partial charge in [-0.3, -0.25) is 14.4 Å². The first kappa shape index (κ1) is 28.5. The van der Waals surface area contributed by atoms with Gasteiger partial charge < -0.3 is 41.9 Å². The van der Waals surface area contributed by atoms with Crippen LogP contribution in [0.25, 0.3) is 0 Å². The first-order valence-corrected chi connectivity index (χ1v) is 11.6. The lowest BCUT2D eigenvalue weighted by molar-refractivity contribution is -0.142. The number of nitrogens with two attached hydrogens (primary N) is 1. The summed E-state index contributed by atoms with van der Waals surface area (Å²) in [4.78, 5) is 63.7. The van der Waals surface area contributed by atoms with Gasteiger partial charge in [0.15, 0.2) is 0 Å². The fourth-order valence-electron chi connectivity index (χ4n) is 3.34. The number of H-pyrrole nitrogens is 2. The molecular formula is C22H34N8O6. The van der Waals surface area contributed by atoms with E-state index in [4.69, 9.17) is 5.73 Å². The number of aliphatic hydroxyl groups is 1. The number of carbonyl (C=O) groups excluding carboxylic acids is 3. The highest BCUT2D eigenvalue weighted by Gasteiger charge is 2.33. The molecule has 2 aromatic heterocycles. The van der Waals surface area contributed by atoms with Gasteiger partial charge in [0.05, 0.1) is 24.8 Å². The molecule has 9 N–H and O–H groups in total. The van der Waals surface area contributed by atoms with Crippen molar-refractivity contribution in [3.05, 3.63) is 36.4 Å². The van der Waals surface area contributed by atoms with Crippen LogP contribution in [-0.4, -0.2) is 84.1 Å². The van der Waals surface area contributed by atoms with E-state index in [-0.39, 0.29) is 18.8 Å². The number of hydrogen-bond donors (Lipinski definition) is 8. The topological polar surface area (TPSA) is 228 Å². The van der Waals surface area contributed by atoms with E-state index in [2.05, 4.69) is 35.9 Å². The summed E-state index contributed by atoms with van der Waals surface area (Å²) in [6.45, 7) is 4.97. The molecule has 0 bridgehead atoms. The number of carbonyl (C=O) groups is 4. The standard InChI is InChI=1S/C22H34N8O6/c1-4-11(2)17(23)20(33)30-18(12(3)31)21(34)28-15(5-13-7-24-9-26-13)19(32)29-16(22(35)36)6-14-8-25-10-27-14/h7-12,15-18,31H,4-6,23H2,1-3H3,(H,24,26)(H,25,27)(H,28,34)(H,29,32)(H,30,33)(H,35,36). The van der Waals surface area contributed by atoms with Crippen LogP contribution in [0.5, 0.6) is 0 Å². The molecule has 0 fully saturated rings. The highest BCUT2D eigenvalue weighted by atomic mass is 16.4. The van der Waals surface area contributed by atoms with Crippen LogP contribution in [0.2, 0.25) is 0 Å². The lowest BCUT2D eigenvalue weighted by Gasteiger charge is -2.27. The lowest BCUT2D eigenvalue weighted by atomic mass is 9.98. The molecule has 14 heteroatoms. The molecule has 6 unspecified atom stereocenters. The minimum absolute atomic E-state index is 0.0547. The smallest absolute Gasteiger partial charge is 0.326 e. The van der Waals surface area contributed by atoms with E-state index in [0.29, 0.717) is 17.8 Å². The maximum Gasteiger partial charge on any atom is 0.326 e. The van der Waals surface area contributed by atoms with Crippen LogP contribution in [0.15, 0.2) is 25.0 Å². The van der Waals surface area contributed by atoms with Gasteiger partial charge >= 0.3 is 5.97 Å². The predicted molar refractivity (Wildman–Crippen MR) is 127 cm³/mol. The van der Waals surface area contributed by atoms with Crippen molar-refractivity contribution in [2.75, 3.05) is 0 Å². The summed E-state index contributed by atoms with van der Waals surface area (Å²) in [5.74, 6) is -3.68. The van der Waals surface area contributed by atoms with Crippen LogP contribution in [0.3, 0.4) is 0 Å². The Bertz CT molecular complexity index is 994. The second kappa shape index (κ2) is 13.3. The Morgan fingerprint density at radius 1 is 0.917 bits per heavy atom. The third-order valence-corrected chi connectivity index (χ3v) is 5.83. The second-order valence-corrected chi connectivity index (χ2v) is 8.66. The number of carboxylic acids is 1. The summed E-state index contributed by atoms with van der Waals surface area (Å²) >= 11 is 0. The Morgan fingerprint density at radius 2 is 1.44 bits per heavy atom. The minimum Gasteiger partial charge on any atom is -0.480 e.